The quantitative estimate of drug-likeness (QED) is 0.803. The number of ether oxygens (including phenoxy) is 1. The number of anilines is 1. The number of aliphatic carboxylic acids is 1. The van der Waals surface area contributed by atoms with E-state index in [1.54, 1.807) is 13.0 Å². The molecule has 2 N–H and O–H groups in total. The van der Waals surface area contributed by atoms with Crippen LogP contribution in [0.3, 0.4) is 0 Å². The van der Waals surface area contributed by atoms with Crippen LogP contribution >= 0.6 is 0 Å². The van der Waals surface area contributed by atoms with Crippen molar-refractivity contribution in [1.82, 2.24) is 0 Å². The van der Waals surface area contributed by atoms with Crippen molar-refractivity contribution in [1.29, 1.82) is 0 Å². The van der Waals surface area contributed by atoms with E-state index in [1.165, 1.54) is 12.1 Å². The van der Waals surface area contributed by atoms with E-state index in [0.29, 0.717) is 24.1 Å². The maximum Gasteiger partial charge on any atom is 0.411 e. The van der Waals surface area contributed by atoms with E-state index < -0.39 is 17.9 Å². The molecule has 116 valence electrons. The molecular weight excluding hydrogens is 277 g/mol. The number of hydrogen-bond donors (Lipinski definition) is 2. The Balaban J connectivity index is 2.71. The van der Waals surface area contributed by atoms with E-state index in [2.05, 4.69) is 5.32 Å². The van der Waals surface area contributed by atoms with E-state index >= 15 is 0 Å². The molecule has 1 rings (SSSR count). The van der Waals surface area contributed by atoms with Gasteiger partial charge in [0, 0.05) is 12.1 Å². The summed E-state index contributed by atoms with van der Waals surface area (Å²) in [6, 6.07) is 4.28. The molecule has 1 amide bonds. The predicted molar refractivity (Wildman–Crippen MR) is 76.9 cm³/mol. The van der Waals surface area contributed by atoms with Gasteiger partial charge in [0.25, 0.3) is 0 Å². The first-order chi connectivity index (χ1) is 9.92. The Labute approximate surface area is 123 Å². The largest absolute Gasteiger partial charge is 0.481 e. The normalized spacial score (nSPS) is 11.8. The SMILES string of the molecule is CCOC(=O)Nc1cc(F)cc(C(C)CCCC(=O)O)c1. The molecule has 0 aromatic heterocycles. The minimum absolute atomic E-state index is 0.00259. The van der Waals surface area contributed by atoms with E-state index in [9.17, 15) is 14.0 Å². The molecule has 0 aliphatic carbocycles. The van der Waals surface area contributed by atoms with Gasteiger partial charge in [-0.25, -0.2) is 9.18 Å². The highest BCUT2D eigenvalue weighted by Gasteiger charge is 2.11. The minimum Gasteiger partial charge on any atom is -0.481 e. The first-order valence-corrected chi connectivity index (χ1v) is 6.88. The Kier molecular flexibility index (Phi) is 6.65. The Morgan fingerprint density at radius 1 is 1.38 bits per heavy atom. The van der Waals surface area contributed by atoms with Gasteiger partial charge in [-0.05, 0) is 49.4 Å². The van der Waals surface area contributed by atoms with Gasteiger partial charge >= 0.3 is 12.1 Å². The van der Waals surface area contributed by atoms with Crippen molar-refractivity contribution >= 4 is 17.7 Å². The average Bonchev–Trinajstić information content (AvgIpc) is 2.37. The summed E-state index contributed by atoms with van der Waals surface area (Å²) in [6.07, 6.45) is 0.614. The number of amides is 1. The lowest BCUT2D eigenvalue weighted by atomic mass is 9.95. The highest BCUT2D eigenvalue weighted by atomic mass is 19.1. The van der Waals surface area contributed by atoms with Crippen molar-refractivity contribution in [2.24, 2.45) is 0 Å². The number of carbonyl (C=O) groups is 2. The monoisotopic (exact) mass is 297 g/mol. The molecule has 0 aliphatic heterocycles. The first-order valence-electron chi connectivity index (χ1n) is 6.88. The van der Waals surface area contributed by atoms with E-state index in [0.717, 1.165) is 0 Å². The lowest BCUT2D eigenvalue weighted by Gasteiger charge is -2.13. The number of carbonyl (C=O) groups excluding carboxylic acids is 1. The Bertz CT molecular complexity index is 504. The van der Waals surface area contributed by atoms with Crippen LogP contribution in [-0.2, 0) is 9.53 Å². The van der Waals surface area contributed by atoms with Crippen LogP contribution in [0.5, 0.6) is 0 Å². The highest BCUT2D eigenvalue weighted by molar-refractivity contribution is 5.84. The van der Waals surface area contributed by atoms with Crippen molar-refractivity contribution in [3.05, 3.63) is 29.6 Å². The Morgan fingerprint density at radius 2 is 2.10 bits per heavy atom. The summed E-state index contributed by atoms with van der Waals surface area (Å²) in [7, 11) is 0. The van der Waals surface area contributed by atoms with Crippen LogP contribution in [0, 0.1) is 5.82 Å². The summed E-state index contributed by atoms with van der Waals surface area (Å²) in [5.41, 5.74) is 1.04. The smallest absolute Gasteiger partial charge is 0.411 e. The minimum atomic E-state index is -0.842. The molecule has 0 spiro atoms. The first kappa shape index (κ1) is 16.9. The highest BCUT2D eigenvalue weighted by Crippen LogP contribution is 2.25. The second-order valence-electron chi connectivity index (χ2n) is 4.81. The lowest BCUT2D eigenvalue weighted by molar-refractivity contribution is -0.137. The maximum absolute atomic E-state index is 13.6. The zero-order valence-electron chi connectivity index (χ0n) is 12.2. The molecular formula is C15H20FNO4. The van der Waals surface area contributed by atoms with Gasteiger partial charge in [0.05, 0.1) is 6.61 Å². The molecule has 0 heterocycles. The predicted octanol–water partition coefficient (Wildman–Crippen LogP) is 3.75. The summed E-state index contributed by atoms with van der Waals surface area (Å²) < 4.78 is 18.3. The van der Waals surface area contributed by atoms with Crippen molar-refractivity contribution < 1.29 is 23.8 Å². The van der Waals surface area contributed by atoms with E-state index in [4.69, 9.17) is 9.84 Å². The van der Waals surface area contributed by atoms with E-state index in [1.807, 2.05) is 6.92 Å². The van der Waals surface area contributed by atoms with E-state index in [-0.39, 0.29) is 18.9 Å². The molecule has 0 saturated carbocycles. The summed E-state index contributed by atoms with van der Waals surface area (Å²) >= 11 is 0. The standard InChI is InChI=1S/C15H20FNO4/c1-3-21-15(20)17-13-8-11(7-12(16)9-13)10(2)5-4-6-14(18)19/h7-10H,3-6H2,1-2H3,(H,17,20)(H,18,19). The maximum atomic E-state index is 13.6. The fourth-order valence-electron chi connectivity index (χ4n) is 1.98. The molecule has 1 aromatic rings. The van der Waals surface area contributed by atoms with Crippen LogP contribution in [0.4, 0.5) is 14.9 Å². The van der Waals surface area contributed by atoms with Crippen LogP contribution in [0.25, 0.3) is 0 Å². The summed E-state index contributed by atoms with van der Waals surface area (Å²) in [6.45, 7) is 3.81. The molecule has 21 heavy (non-hydrogen) atoms. The summed E-state index contributed by atoms with van der Waals surface area (Å²) in [4.78, 5) is 21.8. The number of carboxylic acid groups (broad SMARTS) is 1. The molecule has 1 aromatic carbocycles. The van der Waals surface area contributed by atoms with Crippen LogP contribution in [-0.4, -0.2) is 23.8 Å². The second-order valence-corrected chi connectivity index (χ2v) is 4.81. The Morgan fingerprint density at radius 3 is 2.71 bits per heavy atom. The molecule has 5 nitrogen and oxygen atoms in total. The molecule has 0 bridgehead atoms. The number of carboxylic acids is 1. The molecule has 6 heteroatoms. The molecule has 0 aliphatic rings. The molecule has 1 atom stereocenters. The van der Waals surface area contributed by atoms with Crippen LogP contribution in [0.2, 0.25) is 0 Å². The second kappa shape index (κ2) is 8.24. The Hall–Kier alpha value is -2.11. The summed E-state index contributed by atoms with van der Waals surface area (Å²) in [5, 5.41) is 11.1. The lowest BCUT2D eigenvalue weighted by Crippen LogP contribution is -2.13. The topological polar surface area (TPSA) is 75.6 Å². The summed E-state index contributed by atoms with van der Waals surface area (Å²) in [5.74, 6) is -1.29. The fraction of sp³-hybridized carbons (Fsp3) is 0.467. The van der Waals surface area contributed by atoms with Crippen molar-refractivity contribution in [2.45, 2.75) is 39.0 Å². The number of halogens is 1. The van der Waals surface area contributed by atoms with Gasteiger partial charge in [-0.3, -0.25) is 10.1 Å². The van der Waals surface area contributed by atoms with Crippen molar-refractivity contribution in [2.75, 3.05) is 11.9 Å². The third kappa shape index (κ3) is 6.25. The van der Waals surface area contributed by atoms with Gasteiger partial charge in [0.15, 0.2) is 0 Å². The molecule has 1 unspecified atom stereocenters. The number of hydrogen-bond acceptors (Lipinski definition) is 3. The number of nitrogens with one attached hydrogen (secondary N) is 1. The third-order valence-electron chi connectivity index (χ3n) is 3.04. The van der Waals surface area contributed by atoms with Gasteiger partial charge in [-0.2, -0.15) is 0 Å². The molecule has 0 radical (unpaired) electrons. The molecule has 0 saturated heterocycles. The average molecular weight is 297 g/mol. The van der Waals surface area contributed by atoms with Crippen molar-refractivity contribution in [3.63, 3.8) is 0 Å². The molecule has 0 fully saturated rings. The van der Waals surface area contributed by atoms with Gasteiger partial charge in [0.1, 0.15) is 5.82 Å². The van der Waals surface area contributed by atoms with Gasteiger partial charge in [-0.1, -0.05) is 6.92 Å². The van der Waals surface area contributed by atoms with Gasteiger partial charge in [-0.15, -0.1) is 0 Å². The van der Waals surface area contributed by atoms with Crippen LogP contribution in [0.1, 0.15) is 44.6 Å². The van der Waals surface area contributed by atoms with Gasteiger partial charge < -0.3 is 9.84 Å². The number of rotatable bonds is 7. The fourth-order valence-corrected chi connectivity index (χ4v) is 1.98. The number of benzene rings is 1. The van der Waals surface area contributed by atoms with Gasteiger partial charge in [0.2, 0.25) is 0 Å². The van der Waals surface area contributed by atoms with Crippen LogP contribution in [0.15, 0.2) is 18.2 Å². The van der Waals surface area contributed by atoms with Crippen molar-refractivity contribution in [3.8, 4) is 0 Å². The third-order valence-corrected chi connectivity index (χ3v) is 3.04. The zero-order chi connectivity index (χ0) is 15.8. The zero-order valence-corrected chi connectivity index (χ0v) is 12.2. The van der Waals surface area contributed by atoms with Crippen LogP contribution < -0.4 is 5.32 Å².